The fourth-order valence-electron chi connectivity index (χ4n) is 1.85. The maximum absolute atomic E-state index is 11.5. The number of unbranched alkanes of at least 4 members (excludes halogenated alkanes) is 1. The average Bonchev–Trinajstić information content (AvgIpc) is 2.92. The van der Waals surface area contributed by atoms with E-state index < -0.39 is 0 Å². The molecule has 1 heterocycles. The van der Waals surface area contributed by atoms with Crippen molar-refractivity contribution in [2.75, 3.05) is 0 Å². The van der Waals surface area contributed by atoms with Gasteiger partial charge < -0.3 is 9.73 Å². The van der Waals surface area contributed by atoms with Crippen molar-refractivity contribution in [3.63, 3.8) is 0 Å². The van der Waals surface area contributed by atoms with Crippen LogP contribution in [0, 0.1) is 0 Å². The van der Waals surface area contributed by atoms with Crippen LogP contribution in [0.3, 0.4) is 0 Å². The Hall–Kier alpha value is -1.55. The minimum Gasteiger partial charge on any atom is -0.459 e. The van der Waals surface area contributed by atoms with Gasteiger partial charge in [0.25, 0.3) is 0 Å². The van der Waals surface area contributed by atoms with Gasteiger partial charge in [-0.05, 0) is 30.7 Å². The summed E-state index contributed by atoms with van der Waals surface area (Å²) in [5.41, 5.74) is 1.02. The minimum atomic E-state index is 0.0773. The van der Waals surface area contributed by atoms with Crippen molar-refractivity contribution in [1.29, 1.82) is 0 Å². The van der Waals surface area contributed by atoms with Crippen LogP contribution in [0.1, 0.15) is 31.9 Å². The molecule has 1 amide bonds. The second-order valence-electron chi connectivity index (χ2n) is 4.65. The van der Waals surface area contributed by atoms with Crippen LogP contribution < -0.4 is 5.32 Å². The van der Waals surface area contributed by atoms with Crippen molar-refractivity contribution in [2.45, 2.75) is 32.7 Å². The second kappa shape index (κ2) is 7.29. The molecule has 0 saturated heterocycles. The van der Waals surface area contributed by atoms with E-state index in [0.717, 1.165) is 34.4 Å². The number of nitrogens with one attached hydrogen (secondary N) is 1. The highest BCUT2D eigenvalue weighted by atomic mass is 79.9. The van der Waals surface area contributed by atoms with Gasteiger partial charge in [-0.3, -0.25) is 4.79 Å². The molecule has 0 aliphatic carbocycles. The third-order valence-electron chi connectivity index (χ3n) is 3.01. The second-order valence-corrected chi connectivity index (χ2v) is 5.57. The Bertz CT molecular complexity index is 560. The molecule has 3 nitrogen and oxygen atoms in total. The van der Waals surface area contributed by atoms with Gasteiger partial charge in [0.2, 0.25) is 5.91 Å². The summed E-state index contributed by atoms with van der Waals surface area (Å²) in [5.74, 6) is 1.66. The Balaban J connectivity index is 1.92. The highest BCUT2D eigenvalue weighted by Gasteiger charge is 2.06. The number of carbonyl (C=O) groups excluding carboxylic acids is 1. The van der Waals surface area contributed by atoms with Crippen molar-refractivity contribution < 1.29 is 9.21 Å². The molecule has 1 N–H and O–H groups in total. The van der Waals surface area contributed by atoms with Gasteiger partial charge in [-0.2, -0.15) is 0 Å². The number of rotatable bonds is 6. The van der Waals surface area contributed by atoms with Gasteiger partial charge in [0.05, 0.1) is 6.54 Å². The van der Waals surface area contributed by atoms with Gasteiger partial charge in [-0.25, -0.2) is 0 Å². The summed E-state index contributed by atoms with van der Waals surface area (Å²) in [5, 5.41) is 2.87. The van der Waals surface area contributed by atoms with Gasteiger partial charge in [0.15, 0.2) is 0 Å². The molecule has 0 unspecified atom stereocenters. The van der Waals surface area contributed by atoms with E-state index in [-0.39, 0.29) is 5.91 Å². The van der Waals surface area contributed by atoms with E-state index in [0.29, 0.717) is 13.0 Å². The molecule has 0 spiro atoms. The Morgan fingerprint density at radius 3 is 2.65 bits per heavy atom. The zero-order chi connectivity index (χ0) is 14.4. The van der Waals surface area contributed by atoms with Crippen molar-refractivity contribution in [2.24, 2.45) is 0 Å². The number of amides is 1. The Morgan fingerprint density at radius 1 is 1.20 bits per heavy atom. The van der Waals surface area contributed by atoms with Gasteiger partial charge in [0, 0.05) is 16.5 Å². The summed E-state index contributed by atoms with van der Waals surface area (Å²) in [7, 11) is 0. The first-order chi connectivity index (χ1) is 9.69. The first-order valence-corrected chi connectivity index (χ1v) is 7.59. The fraction of sp³-hybridized carbons (Fsp3) is 0.312. The molecule has 0 atom stereocenters. The molecule has 4 heteroatoms. The van der Waals surface area contributed by atoms with Crippen molar-refractivity contribution >= 4 is 21.8 Å². The van der Waals surface area contributed by atoms with Crippen molar-refractivity contribution in [3.8, 4) is 11.3 Å². The fourth-order valence-corrected chi connectivity index (χ4v) is 2.12. The molecule has 106 valence electrons. The number of furan rings is 1. The van der Waals surface area contributed by atoms with Crippen molar-refractivity contribution in [3.05, 3.63) is 46.6 Å². The Morgan fingerprint density at radius 2 is 1.95 bits per heavy atom. The summed E-state index contributed by atoms with van der Waals surface area (Å²) in [4.78, 5) is 11.5. The molecular formula is C16H18BrNO2. The third kappa shape index (κ3) is 4.23. The van der Waals surface area contributed by atoms with Gasteiger partial charge in [0.1, 0.15) is 11.5 Å². The van der Waals surface area contributed by atoms with Crippen LogP contribution in [-0.2, 0) is 11.3 Å². The zero-order valence-corrected chi connectivity index (χ0v) is 13.1. The molecule has 0 bridgehead atoms. The van der Waals surface area contributed by atoms with E-state index >= 15 is 0 Å². The summed E-state index contributed by atoms with van der Waals surface area (Å²) in [6, 6.07) is 11.8. The lowest BCUT2D eigenvalue weighted by molar-refractivity contribution is -0.121. The number of carbonyl (C=O) groups is 1. The van der Waals surface area contributed by atoms with Crippen LogP contribution in [0.25, 0.3) is 11.3 Å². The quantitative estimate of drug-likeness (QED) is 0.843. The molecule has 2 rings (SSSR count). The maximum atomic E-state index is 11.5. The maximum Gasteiger partial charge on any atom is 0.220 e. The molecule has 0 saturated carbocycles. The van der Waals surface area contributed by atoms with Crippen LogP contribution in [0.4, 0.5) is 0 Å². The predicted octanol–water partition coefficient (Wildman–Crippen LogP) is 4.52. The summed E-state index contributed by atoms with van der Waals surface area (Å²) in [6.07, 6.45) is 2.53. The third-order valence-corrected chi connectivity index (χ3v) is 3.54. The topological polar surface area (TPSA) is 42.2 Å². The molecule has 20 heavy (non-hydrogen) atoms. The molecular weight excluding hydrogens is 318 g/mol. The lowest BCUT2D eigenvalue weighted by Crippen LogP contribution is -2.21. The van der Waals surface area contributed by atoms with E-state index in [1.54, 1.807) is 0 Å². The first-order valence-electron chi connectivity index (χ1n) is 6.80. The van der Waals surface area contributed by atoms with Crippen LogP contribution in [-0.4, -0.2) is 5.91 Å². The number of halogens is 1. The molecule has 0 radical (unpaired) electrons. The largest absolute Gasteiger partial charge is 0.459 e. The summed E-state index contributed by atoms with van der Waals surface area (Å²) in [6.45, 7) is 2.52. The standard InChI is InChI=1S/C16H18BrNO2/c1-2-3-4-16(19)18-11-14-9-10-15(20-14)12-5-7-13(17)8-6-12/h5-10H,2-4,11H2,1H3,(H,18,19). The number of hydrogen-bond acceptors (Lipinski definition) is 2. The van der Waals surface area contributed by atoms with Gasteiger partial charge in [-0.15, -0.1) is 0 Å². The number of hydrogen-bond donors (Lipinski definition) is 1. The molecule has 0 aliphatic rings. The minimum absolute atomic E-state index is 0.0773. The van der Waals surface area contributed by atoms with Gasteiger partial charge >= 0.3 is 0 Å². The van der Waals surface area contributed by atoms with Crippen LogP contribution in [0.2, 0.25) is 0 Å². The highest BCUT2D eigenvalue weighted by Crippen LogP contribution is 2.23. The van der Waals surface area contributed by atoms with E-state index in [1.807, 2.05) is 36.4 Å². The van der Waals surface area contributed by atoms with E-state index in [9.17, 15) is 4.79 Å². The average molecular weight is 336 g/mol. The normalized spacial score (nSPS) is 10.5. The van der Waals surface area contributed by atoms with Crippen molar-refractivity contribution in [1.82, 2.24) is 5.32 Å². The van der Waals surface area contributed by atoms with E-state index in [4.69, 9.17) is 4.42 Å². The zero-order valence-electron chi connectivity index (χ0n) is 11.5. The smallest absolute Gasteiger partial charge is 0.220 e. The van der Waals surface area contributed by atoms with E-state index in [1.165, 1.54) is 0 Å². The summed E-state index contributed by atoms with van der Waals surface area (Å²) < 4.78 is 6.77. The molecule has 0 fully saturated rings. The van der Waals surface area contributed by atoms with Crippen LogP contribution in [0.5, 0.6) is 0 Å². The Kier molecular flexibility index (Phi) is 5.41. The van der Waals surface area contributed by atoms with Crippen LogP contribution >= 0.6 is 15.9 Å². The molecule has 1 aromatic heterocycles. The Labute approximate surface area is 127 Å². The summed E-state index contributed by atoms with van der Waals surface area (Å²) >= 11 is 3.41. The van der Waals surface area contributed by atoms with Crippen LogP contribution in [0.15, 0.2) is 45.3 Å². The monoisotopic (exact) mass is 335 g/mol. The molecule has 0 aliphatic heterocycles. The van der Waals surface area contributed by atoms with E-state index in [2.05, 4.69) is 28.2 Å². The lowest BCUT2D eigenvalue weighted by Gasteiger charge is -2.02. The first kappa shape index (κ1) is 14.9. The lowest BCUT2D eigenvalue weighted by atomic mass is 10.2. The SMILES string of the molecule is CCCCC(=O)NCc1ccc(-c2ccc(Br)cc2)o1. The van der Waals surface area contributed by atoms with Gasteiger partial charge in [-0.1, -0.05) is 41.4 Å². The predicted molar refractivity (Wildman–Crippen MR) is 83.2 cm³/mol. The molecule has 2 aromatic rings. The molecule has 1 aromatic carbocycles. The number of benzene rings is 1. The highest BCUT2D eigenvalue weighted by molar-refractivity contribution is 9.10.